The molecule has 9 heterocycles. The predicted molar refractivity (Wildman–Crippen MR) is 636 cm³/mol. The van der Waals surface area contributed by atoms with E-state index in [1.807, 2.05) is 47.7 Å². The van der Waals surface area contributed by atoms with Gasteiger partial charge < -0.3 is 41.7 Å². The molecule has 0 aliphatic carbocycles. The Morgan fingerprint density at radius 2 is 0.387 bits per heavy atom. The van der Waals surface area contributed by atoms with E-state index in [0.717, 1.165) is 101 Å². The molecule has 0 amide bonds. The van der Waals surface area contributed by atoms with E-state index in [4.69, 9.17) is 13.3 Å². The van der Waals surface area contributed by atoms with Crippen LogP contribution in [0.4, 0.5) is 51.2 Å². The predicted octanol–water partition coefficient (Wildman–Crippen LogP) is 40.8. The number of benzene rings is 22. The van der Waals surface area contributed by atoms with Crippen molar-refractivity contribution in [2.45, 2.75) is 0 Å². The van der Waals surface area contributed by atoms with Gasteiger partial charge in [0.15, 0.2) is 16.7 Å². The minimum absolute atomic E-state index is 0.936. The monoisotopic (exact) mass is 1970 g/mol. The highest BCUT2D eigenvalue weighted by atomic mass is 32.1. The van der Waals surface area contributed by atoms with Gasteiger partial charge in [0.1, 0.15) is 16.7 Å². The van der Waals surface area contributed by atoms with E-state index < -0.39 is 0 Å². The van der Waals surface area contributed by atoms with Crippen LogP contribution in [0.5, 0.6) is 0 Å². The van der Waals surface area contributed by atoms with Crippen molar-refractivity contribution in [1.29, 1.82) is 0 Å². The lowest BCUT2D eigenvalue weighted by Gasteiger charge is -2.26. The lowest BCUT2D eigenvalue weighted by Crippen LogP contribution is -2.09. The summed E-state index contributed by atoms with van der Waals surface area (Å²) < 4.78 is 33.3. The normalized spacial score (nSPS) is 11.7. The molecule has 9 nitrogen and oxygen atoms in total. The molecule has 0 aliphatic heterocycles. The summed E-state index contributed by atoms with van der Waals surface area (Å²) in [5.41, 5.74) is 36.0. The smallest absolute Gasteiger partial charge is 0.154 e. The van der Waals surface area contributed by atoms with Crippen LogP contribution in [0.3, 0.4) is 0 Å². The molecule has 0 fully saturated rings. The molecule has 0 aliphatic rings. The van der Waals surface area contributed by atoms with Crippen molar-refractivity contribution < 1.29 is 13.3 Å². The number of fused-ring (bicyclic) bond motifs is 24. The van der Waals surface area contributed by atoms with Crippen LogP contribution < -0.4 is 14.7 Å². The highest BCUT2D eigenvalue weighted by Gasteiger charge is 2.26. The van der Waals surface area contributed by atoms with E-state index in [0.29, 0.717) is 0 Å². The Bertz CT molecular complexity index is 10600. The van der Waals surface area contributed by atoms with Crippen molar-refractivity contribution in [1.82, 2.24) is 13.7 Å². The van der Waals surface area contributed by atoms with Crippen LogP contribution in [0.1, 0.15) is 0 Å². The fraction of sp³-hybridized carbons (Fsp3) is 0. The molecule has 0 radical (unpaired) electrons. The highest BCUT2D eigenvalue weighted by molar-refractivity contribution is 7.27. The first-order valence-electron chi connectivity index (χ1n) is 50.6. The maximum atomic E-state index is 6.36. The molecule has 31 aromatic rings. The van der Waals surface area contributed by atoms with Crippen molar-refractivity contribution in [3.05, 3.63) is 534 Å². The van der Waals surface area contributed by atoms with Gasteiger partial charge in [-0.1, -0.05) is 279 Å². The van der Waals surface area contributed by atoms with Crippen LogP contribution in [0.2, 0.25) is 0 Å². The van der Waals surface area contributed by atoms with Gasteiger partial charge in [0, 0.05) is 147 Å². The summed E-state index contributed by atoms with van der Waals surface area (Å²) in [6, 6.07) is 191. The molecule has 150 heavy (non-hydrogen) atoms. The highest BCUT2D eigenvalue weighted by Crippen LogP contribution is 2.51. The summed E-state index contributed by atoms with van der Waals surface area (Å²) in [5.74, 6) is 0. The van der Waals surface area contributed by atoms with Gasteiger partial charge in [-0.25, -0.2) is 0 Å². The van der Waals surface area contributed by atoms with E-state index in [1.165, 1.54) is 171 Å². The Balaban J connectivity index is 0.000000106. The van der Waals surface area contributed by atoms with Crippen LogP contribution in [-0.2, 0) is 0 Å². The molecule has 31 rings (SSSR count). The SMILES string of the molecule is c1ccc(-c2ccc(N(c3ccc(-c4ccc5c(c4)c4ccccc4n5-c4ccccc4)cc3)c3ccc4c(c3)sc3c5ccccc5oc43)cc2)cc1.c1ccc(N(c2ccc(-c3ccc4c(c3)sc3c5ccccc5oc43)cc2)c2ccc3c(c2)c2ccccc2n3-c2ccccc2)cc1.c1ccc(N(c2cccc(-c3ccc4c(c3)c3ccccc3n4-c3ccccc3)c2)c2ccc3c(c2)sc2c4ccccc4oc32)cc1. The van der Waals surface area contributed by atoms with Crippen molar-refractivity contribution in [2.75, 3.05) is 14.7 Å². The van der Waals surface area contributed by atoms with Crippen LogP contribution in [-0.4, -0.2) is 13.7 Å². The first kappa shape index (κ1) is 87.5. The van der Waals surface area contributed by atoms with E-state index in [-0.39, 0.29) is 0 Å². The number of anilines is 9. The molecular weight excluding hydrogens is 1890 g/mol. The van der Waals surface area contributed by atoms with E-state index in [1.54, 1.807) is 22.7 Å². The van der Waals surface area contributed by atoms with Crippen LogP contribution in [0, 0.1) is 0 Å². The third-order valence-corrected chi connectivity index (χ3v) is 32.9. The van der Waals surface area contributed by atoms with Gasteiger partial charge in [0.05, 0.1) is 47.2 Å². The number of hydrogen-bond donors (Lipinski definition) is 0. The molecule has 0 saturated carbocycles. The Labute approximate surface area is 874 Å². The largest absolute Gasteiger partial charge is 0.454 e. The Morgan fingerprint density at radius 1 is 0.147 bits per heavy atom. The summed E-state index contributed by atoms with van der Waals surface area (Å²) in [4.78, 5) is 7.05. The van der Waals surface area contributed by atoms with E-state index >= 15 is 0 Å². The van der Waals surface area contributed by atoms with Crippen LogP contribution in [0.15, 0.2) is 547 Å². The second-order valence-electron chi connectivity index (χ2n) is 38.1. The van der Waals surface area contributed by atoms with Crippen LogP contribution >= 0.6 is 34.0 Å². The maximum Gasteiger partial charge on any atom is 0.154 e. The number of rotatable bonds is 16. The Kier molecular flexibility index (Phi) is 21.3. The molecule has 0 unspecified atom stereocenters. The molecular formula is C138H88N6O3S3. The first-order chi connectivity index (χ1) is 74.4. The number of furan rings is 3. The summed E-state index contributed by atoms with van der Waals surface area (Å²) in [6.07, 6.45) is 0. The second kappa shape index (κ2) is 36.6. The number of thiophene rings is 3. The second-order valence-corrected chi connectivity index (χ2v) is 41.3. The van der Waals surface area contributed by atoms with E-state index in [9.17, 15) is 0 Å². The first-order valence-corrected chi connectivity index (χ1v) is 53.1. The van der Waals surface area contributed by atoms with Gasteiger partial charge >= 0.3 is 0 Å². The number of hydrogen-bond acceptors (Lipinski definition) is 9. The van der Waals surface area contributed by atoms with Crippen molar-refractivity contribution in [2.24, 2.45) is 0 Å². The molecule has 9 aromatic heterocycles. The average molecular weight is 1970 g/mol. The number of nitrogens with zero attached hydrogens (tertiary/aromatic N) is 6. The Morgan fingerprint density at radius 3 is 0.800 bits per heavy atom. The zero-order valence-corrected chi connectivity index (χ0v) is 83.4. The molecule has 22 aromatic carbocycles. The third kappa shape index (κ3) is 15.2. The summed E-state index contributed by atoms with van der Waals surface area (Å²) in [7, 11) is 0. The molecule has 0 bridgehead atoms. The maximum absolute atomic E-state index is 6.36. The van der Waals surface area contributed by atoms with Gasteiger partial charge in [-0.15, -0.1) is 34.0 Å². The van der Waals surface area contributed by atoms with Gasteiger partial charge in [-0.05, 0) is 299 Å². The number of para-hydroxylation sites is 11. The van der Waals surface area contributed by atoms with Gasteiger partial charge in [-0.2, -0.15) is 0 Å². The molecule has 12 heteroatoms. The minimum Gasteiger partial charge on any atom is -0.454 e. The molecule has 0 N–H and O–H groups in total. The molecule has 0 spiro atoms. The molecule has 0 saturated heterocycles. The molecule has 706 valence electrons. The number of aromatic nitrogens is 3. The summed E-state index contributed by atoms with van der Waals surface area (Å²) in [5, 5.41) is 14.5. The lowest BCUT2D eigenvalue weighted by molar-refractivity contribution is 0.673. The van der Waals surface area contributed by atoms with Gasteiger partial charge in [-0.3, -0.25) is 0 Å². The Hall–Kier alpha value is -19.1. The van der Waals surface area contributed by atoms with Crippen molar-refractivity contribution >= 4 is 245 Å². The minimum atomic E-state index is 0.936. The third-order valence-electron chi connectivity index (χ3n) is 29.4. The zero-order valence-electron chi connectivity index (χ0n) is 80.9. The van der Waals surface area contributed by atoms with E-state index in [2.05, 4.69) is 526 Å². The topological polar surface area (TPSA) is 63.9 Å². The van der Waals surface area contributed by atoms with Crippen molar-refractivity contribution in [3.8, 4) is 61.6 Å². The molecule has 0 atom stereocenters. The zero-order chi connectivity index (χ0) is 98.8. The van der Waals surface area contributed by atoms with Crippen LogP contribution in [0.25, 0.3) is 221 Å². The lowest BCUT2D eigenvalue weighted by atomic mass is 10.0. The van der Waals surface area contributed by atoms with Crippen molar-refractivity contribution in [3.63, 3.8) is 0 Å². The summed E-state index contributed by atoms with van der Waals surface area (Å²) >= 11 is 5.41. The average Bonchev–Trinajstić information content (AvgIpc) is 1.56. The van der Waals surface area contributed by atoms with Gasteiger partial charge in [0.25, 0.3) is 0 Å². The fourth-order valence-corrected chi connectivity index (χ4v) is 26.0. The van der Waals surface area contributed by atoms with Gasteiger partial charge in [0.2, 0.25) is 0 Å². The fourth-order valence-electron chi connectivity index (χ4n) is 22.4. The summed E-state index contributed by atoms with van der Waals surface area (Å²) in [6.45, 7) is 0. The quantitative estimate of drug-likeness (QED) is 0.0961. The standard InChI is InChI=1S/C50H32N2OS.2C44H28N2OS/c1-3-11-33(12-4-1)34-19-24-38(25-20-34)51(40-28-29-43-48(32-40)54-50-42-16-8-10-18-47(42)53-49(43)50)39-26-21-35(22-27-39)36-23-30-46-44(31-36)41-15-7-9-17-45(41)52(46)37-13-5-2-6-14-37;1-3-13-31(14-4-1)45(34-23-24-37-42(28-34)48-44-36-19-8-10-21-41(36)47-43(37)44)33-17-11-12-29(26-33)30-22-25-40-38(27-30)35-18-7-9-20-39(35)46(40)32-15-5-2-6-16-32;1-3-11-31(12-4-1)45(34-24-26-40-38(28-34)35-15-7-9-17-39(35)46(40)32-13-5-2-6-14-32)33-22-19-29(20-23-33)30-21-25-37-42(27-30)48-44-36-16-8-10-18-41(36)47-43(37)44/h1-32H;2*1-28H.